The van der Waals surface area contributed by atoms with Crippen LogP contribution in [0.4, 0.5) is 0 Å². The first-order chi connectivity index (χ1) is 12.6. The van der Waals surface area contributed by atoms with Crippen LogP contribution >= 0.6 is 0 Å². The molecule has 2 heterocycles. The minimum absolute atomic E-state index is 0.0347. The first-order valence-corrected chi connectivity index (χ1v) is 8.84. The lowest BCUT2D eigenvalue weighted by atomic mass is 10.1. The number of carbonyl (C=O) groups is 3. The van der Waals surface area contributed by atoms with Crippen molar-refractivity contribution >= 4 is 17.7 Å². The third-order valence-electron chi connectivity index (χ3n) is 4.45. The summed E-state index contributed by atoms with van der Waals surface area (Å²) in [5.41, 5.74) is 1.46. The number of hydrogen-bond acceptors (Lipinski definition) is 5. The van der Waals surface area contributed by atoms with E-state index < -0.39 is 0 Å². The predicted octanol–water partition coefficient (Wildman–Crippen LogP) is -0.747. The molecule has 8 nitrogen and oxygen atoms in total. The quantitative estimate of drug-likeness (QED) is 0.642. The summed E-state index contributed by atoms with van der Waals surface area (Å²) in [6, 6.07) is 7.16. The van der Waals surface area contributed by atoms with Crippen LogP contribution in [0.5, 0.6) is 0 Å². The second-order valence-electron chi connectivity index (χ2n) is 6.48. The van der Waals surface area contributed by atoms with Crippen LogP contribution in [0.3, 0.4) is 0 Å². The van der Waals surface area contributed by atoms with Gasteiger partial charge in [-0.15, -0.1) is 0 Å². The summed E-state index contributed by atoms with van der Waals surface area (Å²) in [4.78, 5) is 37.3. The number of nitrogens with zero attached hydrogens (tertiary/aromatic N) is 1. The van der Waals surface area contributed by atoms with Gasteiger partial charge in [0, 0.05) is 44.2 Å². The molecule has 2 aliphatic rings. The molecule has 0 radical (unpaired) electrons. The molecule has 0 spiro atoms. The van der Waals surface area contributed by atoms with Gasteiger partial charge in [0.25, 0.3) is 5.91 Å². The highest BCUT2D eigenvalue weighted by Gasteiger charge is 2.22. The van der Waals surface area contributed by atoms with Crippen LogP contribution in [0.25, 0.3) is 0 Å². The van der Waals surface area contributed by atoms with Gasteiger partial charge >= 0.3 is 0 Å². The summed E-state index contributed by atoms with van der Waals surface area (Å²) in [5, 5.41) is 8.83. The van der Waals surface area contributed by atoms with Crippen LogP contribution < -0.4 is 16.0 Å². The first-order valence-electron chi connectivity index (χ1n) is 8.84. The highest BCUT2D eigenvalue weighted by molar-refractivity contribution is 5.97. The maximum Gasteiger partial charge on any atom is 0.254 e. The van der Waals surface area contributed by atoms with Crippen LogP contribution in [-0.4, -0.2) is 68.1 Å². The Morgan fingerprint density at radius 3 is 2.73 bits per heavy atom. The fraction of sp³-hybridized carbons (Fsp3) is 0.500. The zero-order valence-corrected chi connectivity index (χ0v) is 14.6. The number of hydrogen-bond donors (Lipinski definition) is 3. The molecule has 2 aliphatic heterocycles. The summed E-state index contributed by atoms with van der Waals surface area (Å²) in [7, 11) is 0. The van der Waals surface area contributed by atoms with Crippen molar-refractivity contribution in [2.75, 3.05) is 39.4 Å². The molecule has 2 fully saturated rings. The van der Waals surface area contributed by atoms with Crippen molar-refractivity contribution in [3.63, 3.8) is 0 Å². The van der Waals surface area contributed by atoms with Crippen molar-refractivity contribution in [1.82, 2.24) is 20.9 Å². The predicted molar refractivity (Wildman–Crippen MR) is 94.4 cm³/mol. The van der Waals surface area contributed by atoms with Crippen molar-refractivity contribution < 1.29 is 19.1 Å². The molecule has 2 saturated heterocycles. The van der Waals surface area contributed by atoms with E-state index in [1.165, 1.54) is 4.90 Å². The van der Waals surface area contributed by atoms with Gasteiger partial charge in [-0.05, 0) is 17.7 Å². The number of carbonyl (C=O) groups excluding carboxylic acids is 3. The zero-order chi connectivity index (χ0) is 18.4. The minimum Gasteiger partial charge on any atom is -0.378 e. The largest absolute Gasteiger partial charge is 0.378 e. The van der Waals surface area contributed by atoms with Crippen LogP contribution in [0, 0.1) is 0 Å². The lowest BCUT2D eigenvalue weighted by Gasteiger charge is -2.26. The van der Waals surface area contributed by atoms with E-state index in [0.717, 1.165) is 12.1 Å². The Kier molecular flexibility index (Phi) is 6.19. The molecule has 3 N–H and O–H groups in total. The number of morpholine rings is 1. The second-order valence-corrected chi connectivity index (χ2v) is 6.48. The van der Waals surface area contributed by atoms with Gasteiger partial charge in [0.15, 0.2) is 0 Å². The summed E-state index contributed by atoms with van der Waals surface area (Å²) < 4.78 is 5.33. The van der Waals surface area contributed by atoms with E-state index in [-0.39, 0.29) is 30.3 Å². The van der Waals surface area contributed by atoms with Gasteiger partial charge in [0.1, 0.15) is 0 Å². The molecule has 1 atom stereocenters. The molecule has 1 aromatic rings. The van der Waals surface area contributed by atoms with E-state index in [2.05, 4.69) is 16.0 Å². The Balaban J connectivity index is 1.47. The molecule has 1 unspecified atom stereocenters. The van der Waals surface area contributed by atoms with E-state index in [0.29, 0.717) is 44.8 Å². The van der Waals surface area contributed by atoms with Gasteiger partial charge in [0.05, 0.1) is 19.8 Å². The molecule has 0 bridgehead atoms. The van der Waals surface area contributed by atoms with Crippen LogP contribution in [0.1, 0.15) is 22.3 Å². The van der Waals surface area contributed by atoms with Gasteiger partial charge in [-0.2, -0.15) is 0 Å². The number of benzene rings is 1. The Morgan fingerprint density at radius 2 is 2.04 bits per heavy atom. The second kappa shape index (κ2) is 8.77. The van der Waals surface area contributed by atoms with Gasteiger partial charge < -0.3 is 25.6 Å². The fourth-order valence-electron chi connectivity index (χ4n) is 3.01. The Bertz CT molecular complexity index is 656. The molecular formula is C18H24N4O4. The van der Waals surface area contributed by atoms with Crippen LogP contribution in [0.15, 0.2) is 24.3 Å². The molecule has 3 rings (SSSR count). The van der Waals surface area contributed by atoms with Crippen molar-refractivity contribution in [3.8, 4) is 0 Å². The molecule has 3 amide bonds. The van der Waals surface area contributed by atoms with E-state index in [9.17, 15) is 14.4 Å². The smallest absolute Gasteiger partial charge is 0.254 e. The molecule has 8 heteroatoms. The summed E-state index contributed by atoms with van der Waals surface area (Å²) in [6.07, 6.45) is 0.383. The normalized spacial score (nSPS) is 20.4. The zero-order valence-electron chi connectivity index (χ0n) is 14.6. The number of nitrogens with one attached hydrogen (secondary N) is 3. The Morgan fingerprint density at radius 1 is 1.23 bits per heavy atom. The van der Waals surface area contributed by atoms with Gasteiger partial charge in [-0.1, -0.05) is 12.1 Å². The highest BCUT2D eigenvalue weighted by atomic mass is 16.5. The number of amides is 3. The van der Waals surface area contributed by atoms with E-state index in [1.807, 2.05) is 12.1 Å². The average Bonchev–Trinajstić information content (AvgIpc) is 2.67. The molecule has 0 saturated carbocycles. The third-order valence-corrected chi connectivity index (χ3v) is 4.45. The highest BCUT2D eigenvalue weighted by Crippen LogP contribution is 2.09. The maximum atomic E-state index is 12.4. The van der Waals surface area contributed by atoms with Gasteiger partial charge in [-0.3, -0.25) is 14.4 Å². The molecule has 0 aromatic heterocycles. The van der Waals surface area contributed by atoms with Gasteiger partial charge in [-0.25, -0.2) is 0 Å². The lowest BCUT2D eigenvalue weighted by molar-refractivity contribution is -0.123. The summed E-state index contributed by atoms with van der Waals surface area (Å²) >= 11 is 0. The van der Waals surface area contributed by atoms with Crippen LogP contribution in [-0.2, 0) is 20.9 Å². The summed E-state index contributed by atoms with van der Waals surface area (Å²) in [5.74, 6) is -0.326. The van der Waals surface area contributed by atoms with Crippen LogP contribution in [0.2, 0.25) is 0 Å². The van der Waals surface area contributed by atoms with Crippen molar-refractivity contribution in [1.29, 1.82) is 0 Å². The minimum atomic E-state index is -0.154. The maximum absolute atomic E-state index is 12.4. The van der Waals surface area contributed by atoms with Crippen molar-refractivity contribution in [2.24, 2.45) is 0 Å². The number of rotatable bonds is 5. The van der Waals surface area contributed by atoms with Crippen molar-refractivity contribution in [2.45, 2.75) is 19.0 Å². The topological polar surface area (TPSA) is 99.8 Å². The van der Waals surface area contributed by atoms with E-state index >= 15 is 0 Å². The van der Waals surface area contributed by atoms with E-state index in [4.69, 9.17) is 4.74 Å². The van der Waals surface area contributed by atoms with E-state index in [1.54, 1.807) is 12.1 Å². The third kappa shape index (κ3) is 5.03. The molecule has 0 aliphatic carbocycles. The monoisotopic (exact) mass is 360 g/mol. The lowest BCUT2D eigenvalue weighted by Crippen LogP contribution is -2.49. The molecule has 26 heavy (non-hydrogen) atoms. The molecule has 140 valence electrons. The standard InChI is InChI=1S/C18H24N4O4/c23-16(9-15-12-26-8-6-19-15)21-10-13-1-3-14(4-2-13)18(25)22-7-5-20-17(24)11-22/h1-4,15,19H,5-12H2,(H,20,24)(H,21,23). The SMILES string of the molecule is O=C(CC1COCCN1)NCc1ccc(C(=O)N2CCNC(=O)C2)cc1. The summed E-state index contributed by atoms with van der Waals surface area (Å²) in [6.45, 7) is 3.51. The molecule has 1 aromatic carbocycles. The van der Waals surface area contributed by atoms with Crippen molar-refractivity contribution in [3.05, 3.63) is 35.4 Å². The Labute approximate surface area is 152 Å². The van der Waals surface area contributed by atoms with Gasteiger partial charge in [0.2, 0.25) is 11.8 Å². The number of piperazine rings is 1. The first kappa shape index (κ1) is 18.3. The number of ether oxygens (including phenoxy) is 1. The average molecular weight is 360 g/mol. The molecular weight excluding hydrogens is 336 g/mol. The Hall–Kier alpha value is -2.45. The fourth-order valence-corrected chi connectivity index (χ4v) is 3.01.